The normalized spacial score (nSPS) is 10.8. The molecule has 2 N–H and O–H groups in total. The minimum absolute atomic E-state index is 0.145. The molecule has 0 amide bonds. The van der Waals surface area contributed by atoms with Crippen LogP contribution < -0.4 is 5.73 Å². The Bertz CT molecular complexity index is 617. The Balaban J connectivity index is 2.11. The number of aryl methyl sites for hydroxylation is 1. The summed E-state index contributed by atoms with van der Waals surface area (Å²) < 4.78 is 7.13. The fraction of sp³-hybridized carbons (Fsp3) is 0.333. The molecule has 0 aliphatic rings. The third-order valence-electron chi connectivity index (χ3n) is 3.09. The molecule has 0 aliphatic heterocycles. The van der Waals surface area contributed by atoms with E-state index in [2.05, 4.69) is 4.98 Å². The smallest absolute Gasteiger partial charge is 0.355 e. The second-order valence-corrected chi connectivity index (χ2v) is 5.00. The van der Waals surface area contributed by atoms with Gasteiger partial charge in [0.1, 0.15) is 12.3 Å². The lowest BCUT2D eigenvalue weighted by atomic mass is 10.2. The van der Waals surface area contributed by atoms with Crippen LogP contribution >= 0.6 is 0 Å². The van der Waals surface area contributed by atoms with E-state index < -0.39 is 0 Å². The third kappa shape index (κ3) is 2.99. The molecule has 2 rings (SSSR count). The van der Waals surface area contributed by atoms with Gasteiger partial charge in [-0.25, -0.2) is 4.79 Å². The van der Waals surface area contributed by atoms with Gasteiger partial charge in [-0.05, 0) is 38.5 Å². The average Bonchev–Trinajstić information content (AvgIpc) is 2.80. The number of nitrogens with zero attached hydrogens (tertiary/aromatic N) is 2. The summed E-state index contributed by atoms with van der Waals surface area (Å²) >= 11 is 0. The maximum absolute atomic E-state index is 12.1. The Kier molecular flexibility index (Phi) is 4.08. The van der Waals surface area contributed by atoms with Gasteiger partial charge in [-0.2, -0.15) is 0 Å². The fourth-order valence-corrected chi connectivity index (χ4v) is 1.97. The first-order valence-corrected chi connectivity index (χ1v) is 6.54. The van der Waals surface area contributed by atoms with E-state index in [-0.39, 0.29) is 18.6 Å². The predicted molar refractivity (Wildman–Crippen MR) is 77.3 cm³/mol. The molecule has 0 spiro atoms. The molecule has 0 atom stereocenters. The molecule has 0 radical (unpaired) electrons. The van der Waals surface area contributed by atoms with E-state index in [9.17, 15) is 4.79 Å². The number of nitrogen functional groups attached to an aromatic ring is 1. The first-order valence-electron chi connectivity index (χ1n) is 6.54. The van der Waals surface area contributed by atoms with Gasteiger partial charge in [-0.3, -0.25) is 4.98 Å². The molecule has 2 aromatic heterocycles. The van der Waals surface area contributed by atoms with E-state index in [1.54, 1.807) is 18.5 Å². The molecule has 0 aliphatic carbocycles. The summed E-state index contributed by atoms with van der Waals surface area (Å²) in [5, 5.41) is 0. The van der Waals surface area contributed by atoms with Gasteiger partial charge >= 0.3 is 5.97 Å². The maximum Gasteiger partial charge on any atom is 0.355 e. The summed E-state index contributed by atoms with van der Waals surface area (Å²) in [6.07, 6.45) is 3.43. The van der Waals surface area contributed by atoms with Crippen molar-refractivity contribution in [2.45, 2.75) is 33.4 Å². The maximum atomic E-state index is 12.1. The number of hydrogen-bond acceptors (Lipinski definition) is 4. The highest BCUT2D eigenvalue weighted by Crippen LogP contribution is 2.18. The van der Waals surface area contributed by atoms with E-state index in [0.717, 1.165) is 11.3 Å². The van der Waals surface area contributed by atoms with Crippen LogP contribution in [0, 0.1) is 6.92 Å². The number of carbonyl (C=O) groups is 1. The molecule has 0 fully saturated rings. The highest BCUT2D eigenvalue weighted by molar-refractivity contribution is 5.89. The fourth-order valence-electron chi connectivity index (χ4n) is 1.97. The molecule has 106 valence electrons. The number of anilines is 1. The van der Waals surface area contributed by atoms with E-state index in [1.807, 2.05) is 37.5 Å². The van der Waals surface area contributed by atoms with Crippen LogP contribution in [0.25, 0.3) is 0 Å². The van der Waals surface area contributed by atoms with E-state index in [1.165, 1.54) is 0 Å². The van der Waals surface area contributed by atoms with Crippen molar-refractivity contribution in [3.63, 3.8) is 0 Å². The summed E-state index contributed by atoms with van der Waals surface area (Å²) in [6, 6.07) is 5.57. The second kappa shape index (κ2) is 5.77. The summed E-state index contributed by atoms with van der Waals surface area (Å²) in [5.74, 6) is -0.388. The molecule has 20 heavy (non-hydrogen) atoms. The minimum Gasteiger partial charge on any atom is -0.454 e. The number of aromatic nitrogens is 2. The lowest BCUT2D eigenvalue weighted by Gasteiger charge is -2.12. The number of ether oxygens (including phenoxy) is 1. The van der Waals surface area contributed by atoms with E-state index in [4.69, 9.17) is 10.5 Å². The molecule has 0 bridgehead atoms. The molecule has 5 nitrogen and oxygen atoms in total. The van der Waals surface area contributed by atoms with Gasteiger partial charge in [0.25, 0.3) is 0 Å². The van der Waals surface area contributed by atoms with Gasteiger partial charge in [0.15, 0.2) is 0 Å². The van der Waals surface area contributed by atoms with Crippen molar-refractivity contribution >= 4 is 11.7 Å². The van der Waals surface area contributed by atoms with E-state index >= 15 is 0 Å². The average molecular weight is 273 g/mol. The number of pyridine rings is 1. The van der Waals surface area contributed by atoms with Crippen LogP contribution in [0.3, 0.4) is 0 Å². The summed E-state index contributed by atoms with van der Waals surface area (Å²) in [4.78, 5) is 16.3. The largest absolute Gasteiger partial charge is 0.454 e. The van der Waals surface area contributed by atoms with Crippen molar-refractivity contribution < 1.29 is 9.53 Å². The Labute approximate surface area is 118 Å². The zero-order valence-corrected chi connectivity index (χ0v) is 12.0. The van der Waals surface area contributed by atoms with Crippen molar-refractivity contribution in [3.8, 4) is 0 Å². The molecule has 0 saturated carbocycles. The van der Waals surface area contributed by atoms with Gasteiger partial charge in [-0.15, -0.1) is 0 Å². The van der Waals surface area contributed by atoms with Crippen LogP contribution in [0.1, 0.15) is 41.6 Å². The molecule has 2 heterocycles. The van der Waals surface area contributed by atoms with Crippen LogP contribution in [-0.4, -0.2) is 15.5 Å². The summed E-state index contributed by atoms with van der Waals surface area (Å²) in [5.41, 5.74) is 8.52. The van der Waals surface area contributed by atoms with Gasteiger partial charge < -0.3 is 15.0 Å². The van der Waals surface area contributed by atoms with Gasteiger partial charge in [0.2, 0.25) is 0 Å². The zero-order valence-electron chi connectivity index (χ0n) is 12.0. The van der Waals surface area contributed by atoms with Crippen LogP contribution in [0.15, 0.2) is 30.6 Å². The molecule has 0 unspecified atom stereocenters. The number of rotatable bonds is 4. The molecule has 0 aromatic carbocycles. The van der Waals surface area contributed by atoms with Crippen molar-refractivity contribution in [1.29, 1.82) is 0 Å². The lowest BCUT2D eigenvalue weighted by molar-refractivity contribution is 0.0452. The highest BCUT2D eigenvalue weighted by Gasteiger charge is 2.16. The first-order chi connectivity index (χ1) is 9.49. The Morgan fingerprint density at radius 2 is 2.25 bits per heavy atom. The third-order valence-corrected chi connectivity index (χ3v) is 3.09. The summed E-state index contributed by atoms with van der Waals surface area (Å²) in [6.45, 7) is 6.07. The lowest BCUT2D eigenvalue weighted by Crippen LogP contribution is -2.13. The molecular weight excluding hydrogens is 254 g/mol. The van der Waals surface area contributed by atoms with Crippen molar-refractivity contribution in [3.05, 3.63) is 47.5 Å². The Morgan fingerprint density at radius 3 is 2.90 bits per heavy atom. The SMILES string of the molecule is Cc1cccnc1COC(=O)c1cc(N)cn1C(C)C. The van der Waals surface area contributed by atoms with Gasteiger partial charge in [-0.1, -0.05) is 6.07 Å². The van der Waals surface area contributed by atoms with Crippen molar-refractivity contribution in [2.75, 3.05) is 5.73 Å². The standard InChI is InChI=1S/C15H19N3O2/c1-10(2)18-8-12(16)7-14(18)15(19)20-9-13-11(3)5-4-6-17-13/h4-8,10H,9,16H2,1-3H3. The van der Waals surface area contributed by atoms with Crippen LogP contribution in [0.5, 0.6) is 0 Å². The topological polar surface area (TPSA) is 70.1 Å². The number of nitrogens with two attached hydrogens (primary N) is 1. The second-order valence-electron chi connectivity index (χ2n) is 5.00. The monoisotopic (exact) mass is 273 g/mol. The van der Waals surface area contributed by atoms with Crippen LogP contribution in [-0.2, 0) is 11.3 Å². The van der Waals surface area contributed by atoms with Crippen LogP contribution in [0.2, 0.25) is 0 Å². The Hall–Kier alpha value is -2.30. The minimum atomic E-state index is -0.388. The molecule has 5 heteroatoms. The quantitative estimate of drug-likeness (QED) is 0.869. The molecular formula is C15H19N3O2. The molecule has 2 aromatic rings. The number of esters is 1. The first kappa shape index (κ1) is 14.1. The number of carbonyl (C=O) groups excluding carboxylic acids is 1. The summed E-state index contributed by atoms with van der Waals surface area (Å²) in [7, 11) is 0. The highest BCUT2D eigenvalue weighted by atomic mass is 16.5. The van der Waals surface area contributed by atoms with Crippen molar-refractivity contribution in [1.82, 2.24) is 9.55 Å². The number of hydrogen-bond donors (Lipinski definition) is 1. The van der Waals surface area contributed by atoms with Crippen LogP contribution in [0.4, 0.5) is 5.69 Å². The predicted octanol–water partition coefficient (Wildman–Crippen LogP) is 2.71. The Morgan fingerprint density at radius 1 is 1.50 bits per heavy atom. The zero-order chi connectivity index (χ0) is 14.7. The van der Waals surface area contributed by atoms with Crippen molar-refractivity contribution in [2.24, 2.45) is 0 Å². The van der Waals surface area contributed by atoms with Gasteiger partial charge in [0.05, 0.1) is 11.4 Å². The van der Waals surface area contributed by atoms with E-state index in [0.29, 0.717) is 11.4 Å². The molecule has 0 saturated heterocycles. The van der Waals surface area contributed by atoms with Gasteiger partial charge in [0, 0.05) is 18.4 Å².